The first-order chi connectivity index (χ1) is 12.0. The molecule has 0 aliphatic carbocycles. The Labute approximate surface area is 140 Å². The van der Waals surface area contributed by atoms with E-state index in [9.17, 15) is 18.9 Å². The molecule has 0 saturated carbocycles. The standard InChI is InChI=1S/C16H11F2N5O2/c17-10-1-5-12(6-2-10)20-15-14(23(24)25)9-19-16(22-15)21-13-7-3-11(18)4-8-13/h1-9H,(H2,19,20,21,22). The van der Waals surface area contributed by atoms with Crippen LogP contribution in [0.15, 0.2) is 54.7 Å². The third kappa shape index (κ3) is 4.02. The molecule has 25 heavy (non-hydrogen) atoms. The average molecular weight is 343 g/mol. The van der Waals surface area contributed by atoms with E-state index in [0.29, 0.717) is 11.4 Å². The van der Waals surface area contributed by atoms with Crippen molar-refractivity contribution < 1.29 is 13.7 Å². The molecule has 3 aromatic rings. The van der Waals surface area contributed by atoms with Gasteiger partial charge in [-0.05, 0) is 48.5 Å². The minimum Gasteiger partial charge on any atom is -0.334 e. The van der Waals surface area contributed by atoms with E-state index < -0.39 is 16.6 Å². The van der Waals surface area contributed by atoms with Crippen molar-refractivity contribution in [3.8, 4) is 0 Å². The molecule has 2 N–H and O–H groups in total. The minimum absolute atomic E-state index is 0.0591. The van der Waals surface area contributed by atoms with E-state index in [0.717, 1.165) is 6.20 Å². The van der Waals surface area contributed by atoms with E-state index in [1.807, 2.05) is 0 Å². The Morgan fingerprint density at radius 2 is 1.40 bits per heavy atom. The second-order valence-electron chi connectivity index (χ2n) is 4.95. The minimum atomic E-state index is -0.631. The van der Waals surface area contributed by atoms with Gasteiger partial charge in [0.1, 0.15) is 17.8 Å². The van der Waals surface area contributed by atoms with Crippen LogP contribution in [-0.4, -0.2) is 14.9 Å². The lowest BCUT2D eigenvalue weighted by Gasteiger charge is -2.09. The summed E-state index contributed by atoms with van der Waals surface area (Å²) >= 11 is 0. The molecule has 1 heterocycles. The van der Waals surface area contributed by atoms with Gasteiger partial charge in [0.2, 0.25) is 11.8 Å². The van der Waals surface area contributed by atoms with Crippen LogP contribution < -0.4 is 10.6 Å². The number of benzene rings is 2. The zero-order valence-corrected chi connectivity index (χ0v) is 12.6. The molecule has 3 rings (SSSR count). The van der Waals surface area contributed by atoms with Crippen LogP contribution in [0.1, 0.15) is 0 Å². The molecule has 126 valence electrons. The van der Waals surface area contributed by atoms with Crippen molar-refractivity contribution >= 4 is 28.8 Å². The number of hydrogen-bond donors (Lipinski definition) is 2. The maximum Gasteiger partial charge on any atom is 0.329 e. The molecule has 0 atom stereocenters. The molecule has 7 nitrogen and oxygen atoms in total. The van der Waals surface area contributed by atoms with Crippen LogP contribution in [0.25, 0.3) is 0 Å². The van der Waals surface area contributed by atoms with Gasteiger partial charge in [0, 0.05) is 11.4 Å². The van der Waals surface area contributed by atoms with E-state index in [2.05, 4.69) is 20.6 Å². The highest BCUT2D eigenvalue weighted by Gasteiger charge is 2.17. The largest absolute Gasteiger partial charge is 0.334 e. The second-order valence-corrected chi connectivity index (χ2v) is 4.95. The van der Waals surface area contributed by atoms with Crippen LogP contribution in [0.4, 0.5) is 37.6 Å². The molecular formula is C16H11F2N5O2. The van der Waals surface area contributed by atoms with Crippen molar-refractivity contribution in [1.82, 2.24) is 9.97 Å². The maximum absolute atomic E-state index is 13.0. The summed E-state index contributed by atoms with van der Waals surface area (Å²) in [5, 5.41) is 16.7. The Morgan fingerprint density at radius 1 is 0.880 bits per heavy atom. The molecule has 0 fully saturated rings. The van der Waals surface area contributed by atoms with Crippen LogP contribution in [0.3, 0.4) is 0 Å². The van der Waals surface area contributed by atoms with E-state index in [-0.39, 0.29) is 17.5 Å². The quantitative estimate of drug-likeness (QED) is 0.534. The Balaban J connectivity index is 1.89. The molecule has 0 radical (unpaired) electrons. The SMILES string of the molecule is O=[N+]([O-])c1cnc(Nc2ccc(F)cc2)nc1Nc1ccc(F)cc1. The zero-order valence-electron chi connectivity index (χ0n) is 12.6. The summed E-state index contributed by atoms with van der Waals surface area (Å²) in [6, 6.07) is 10.7. The van der Waals surface area contributed by atoms with Gasteiger partial charge in [0.15, 0.2) is 0 Å². The van der Waals surface area contributed by atoms with Gasteiger partial charge in [0.25, 0.3) is 0 Å². The predicted molar refractivity (Wildman–Crippen MR) is 88.1 cm³/mol. The Bertz CT molecular complexity index is 901. The molecule has 1 aromatic heterocycles. The number of nitrogens with one attached hydrogen (secondary N) is 2. The summed E-state index contributed by atoms with van der Waals surface area (Å²) in [4.78, 5) is 18.4. The Kier molecular flexibility index (Phi) is 4.46. The van der Waals surface area contributed by atoms with Crippen LogP contribution in [0.2, 0.25) is 0 Å². The average Bonchev–Trinajstić information content (AvgIpc) is 2.59. The Hall–Kier alpha value is -3.62. The molecule has 2 aromatic carbocycles. The lowest BCUT2D eigenvalue weighted by molar-refractivity contribution is -0.384. The normalized spacial score (nSPS) is 10.3. The smallest absolute Gasteiger partial charge is 0.329 e. The van der Waals surface area contributed by atoms with Gasteiger partial charge < -0.3 is 10.6 Å². The van der Waals surface area contributed by atoms with Crippen LogP contribution in [0.5, 0.6) is 0 Å². The van der Waals surface area contributed by atoms with Crippen molar-refractivity contribution in [1.29, 1.82) is 0 Å². The molecular weight excluding hydrogens is 332 g/mol. The molecule has 0 spiro atoms. The highest BCUT2D eigenvalue weighted by atomic mass is 19.1. The van der Waals surface area contributed by atoms with E-state index in [4.69, 9.17) is 0 Å². The van der Waals surface area contributed by atoms with Gasteiger partial charge in [-0.25, -0.2) is 13.8 Å². The monoisotopic (exact) mass is 343 g/mol. The van der Waals surface area contributed by atoms with Crippen LogP contribution >= 0.6 is 0 Å². The Morgan fingerprint density at radius 3 is 1.92 bits per heavy atom. The van der Waals surface area contributed by atoms with E-state index in [1.54, 1.807) is 0 Å². The predicted octanol–water partition coefficient (Wildman–Crippen LogP) is 4.15. The van der Waals surface area contributed by atoms with E-state index >= 15 is 0 Å². The van der Waals surface area contributed by atoms with Gasteiger partial charge in [0.05, 0.1) is 4.92 Å². The summed E-state index contributed by atoms with van der Waals surface area (Å²) in [7, 11) is 0. The van der Waals surface area contributed by atoms with Gasteiger partial charge in [-0.1, -0.05) is 0 Å². The summed E-state index contributed by atoms with van der Waals surface area (Å²) < 4.78 is 25.9. The molecule has 9 heteroatoms. The summed E-state index contributed by atoms with van der Waals surface area (Å²) in [5.41, 5.74) is 0.605. The van der Waals surface area contributed by atoms with Gasteiger partial charge in [-0.2, -0.15) is 4.98 Å². The highest BCUT2D eigenvalue weighted by Crippen LogP contribution is 2.26. The lowest BCUT2D eigenvalue weighted by atomic mass is 10.3. The number of hydrogen-bond acceptors (Lipinski definition) is 6. The topological polar surface area (TPSA) is 93.0 Å². The number of anilines is 4. The van der Waals surface area contributed by atoms with Crippen molar-refractivity contribution in [2.24, 2.45) is 0 Å². The maximum atomic E-state index is 13.0. The first-order valence-corrected chi connectivity index (χ1v) is 7.08. The molecule has 0 bridgehead atoms. The van der Waals surface area contributed by atoms with E-state index in [1.165, 1.54) is 48.5 Å². The van der Waals surface area contributed by atoms with Gasteiger partial charge >= 0.3 is 5.69 Å². The second kappa shape index (κ2) is 6.87. The summed E-state index contributed by atoms with van der Waals surface area (Å²) in [6.07, 6.45) is 1.05. The number of aromatic nitrogens is 2. The molecule has 0 unspecified atom stereocenters. The summed E-state index contributed by atoms with van der Waals surface area (Å²) in [5.74, 6) is -0.798. The molecule has 0 aliphatic heterocycles. The summed E-state index contributed by atoms with van der Waals surface area (Å²) in [6.45, 7) is 0. The number of nitrogens with zero attached hydrogens (tertiary/aromatic N) is 3. The molecule has 0 aliphatic rings. The molecule has 0 amide bonds. The number of halogens is 2. The van der Waals surface area contributed by atoms with Gasteiger partial charge in [-0.3, -0.25) is 10.1 Å². The van der Waals surface area contributed by atoms with Crippen LogP contribution in [-0.2, 0) is 0 Å². The van der Waals surface area contributed by atoms with Crippen molar-refractivity contribution in [2.75, 3.05) is 10.6 Å². The highest BCUT2D eigenvalue weighted by molar-refractivity contribution is 5.67. The molecule has 0 saturated heterocycles. The van der Waals surface area contributed by atoms with Crippen molar-refractivity contribution in [3.63, 3.8) is 0 Å². The lowest BCUT2D eigenvalue weighted by Crippen LogP contribution is -2.04. The third-order valence-corrected chi connectivity index (χ3v) is 3.17. The number of nitro groups is 1. The van der Waals surface area contributed by atoms with Crippen LogP contribution in [0, 0.1) is 21.7 Å². The first kappa shape index (κ1) is 16.2. The third-order valence-electron chi connectivity index (χ3n) is 3.17. The first-order valence-electron chi connectivity index (χ1n) is 7.08. The number of rotatable bonds is 5. The zero-order chi connectivity index (χ0) is 17.8. The van der Waals surface area contributed by atoms with Crippen molar-refractivity contribution in [2.45, 2.75) is 0 Å². The van der Waals surface area contributed by atoms with Crippen molar-refractivity contribution in [3.05, 3.63) is 76.5 Å². The fraction of sp³-hybridized carbons (Fsp3) is 0. The fourth-order valence-electron chi connectivity index (χ4n) is 1.99. The fourth-order valence-corrected chi connectivity index (χ4v) is 1.99. The van der Waals surface area contributed by atoms with Gasteiger partial charge in [-0.15, -0.1) is 0 Å².